The van der Waals surface area contributed by atoms with Crippen molar-refractivity contribution in [3.63, 3.8) is 0 Å². The molecule has 0 aromatic carbocycles. The molecule has 0 atom stereocenters. The molecule has 0 saturated heterocycles. The van der Waals surface area contributed by atoms with Crippen molar-refractivity contribution in [2.45, 2.75) is 25.7 Å². The minimum Gasteiger partial charge on any atom is -0.476 e. The summed E-state index contributed by atoms with van der Waals surface area (Å²) in [5.41, 5.74) is 0.900. The van der Waals surface area contributed by atoms with Crippen LogP contribution in [0, 0.1) is 0 Å². The summed E-state index contributed by atoms with van der Waals surface area (Å²) < 4.78 is 6.12. The van der Waals surface area contributed by atoms with E-state index in [9.17, 15) is 19.5 Å². The summed E-state index contributed by atoms with van der Waals surface area (Å²) in [6, 6.07) is 0. The molecule has 2 aromatic rings. The van der Waals surface area contributed by atoms with Gasteiger partial charge in [0.25, 0.3) is 5.91 Å². The van der Waals surface area contributed by atoms with Gasteiger partial charge in [0.1, 0.15) is 5.00 Å². The number of nitrogens with one attached hydrogen (secondary N) is 1. The number of methoxy groups -OCH3 is 1. The molecule has 9 heteroatoms. The quantitative estimate of drug-likeness (QED) is 0.805. The number of hydrogen-bond donors (Lipinski definition) is 2. The Morgan fingerprint density at radius 3 is 2.72 bits per heavy atom. The van der Waals surface area contributed by atoms with Crippen molar-refractivity contribution in [2.24, 2.45) is 7.05 Å². The Labute approximate surface area is 147 Å². The average Bonchev–Trinajstić information content (AvgIpc) is 3.14. The number of carboxylic acids is 1. The third-order valence-electron chi connectivity index (χ3n) is 4.06. The minimum absolute atomic E-state index is 0.0582. The van der Waals surface area contributed by atoms with E-state index in [1.807, 2.05) is 0 Å². The molecule has 0 bridgehead atoms. The standard InChI is InChI=1S/C16H17N3O5S/c1-19-7-9(12(18-19)15(21)22)13(20)17-14-11(16(23)24-2)8-5-3-4-6-10(8)25-14/h7H,3-6H2,1-2H3,(H,17,20)(H,21,22). The van der Waals surface area contributed by atoms with Gasteiger partial charge in [0.15, 0.2) is 5.69 Å². The van der Waals surface area contributed by atoms with E-state index in [-0.39, 0.29) is 11.3 Å². The van der Waals surface area contributed by atoms with Crippen LogP contribution in [0.25, 0.3) is 0 Å². The van der Waals surface area contributed by atoms with Crippen molar-refractivity contribution >= 4 is 34.2 Å². The number of aryl methyl sites for hydroxylation is 2. The topological polar surface area (TPSA) is 111 Å². The molecule has 0 saturated carbocycles. The summed E-state index contributed by atoms with van der Waals surface area (Å²) in [5.74, 6) is -2.40. The van der Waals surface area contributed by atoms with Crippen LogP contribution in [-0.4, -0.2) is 39.8 Å². The lowest BCUT2D eigenvalue weighted by atomic mass is 9.95. The molecular weight excluding hydrogens is 346 g/mol. The second-order valence-electron chi connectivity index (χ2n) is 5.73. The Morgan fingerprint density at radius 1 is 1.32 bits per heavy atom. The highest BCUT2D eigenvalue weighted by Crippen LogP contribution is 2.38. The molecule has 2 N–H and O–H groups in total. The van der Waals surface area contributed by atoms with E-state index < -0.39 is 17.8 Å². The third kappa shape index (κ3) is 3.14. The zero-order valence-corrected chi connectivity index (χ0v) is 14.6. The van der Waals surface area contributed by atoms with Gasteiger partial charge in [-0.05, 0) is 31.2 Å². The highest BCUT2D eigenvalue weighted by Gasteiger charge is 2.28. The number of aromatic carboxylic acids is 1. The van der Waals surface area contributed by atoms with Crippen LogP contribution in [0.5, 0.6) is 0 Å². The molecule has 0 fully saturated rings. The Balaban J connectivity index is 1.98. The number of rotatable bonds is 4. The van der Waals surface area contributed by atoms with Crippen LogP contribution in [-0.2, 0) is 24.6 Å². The van der Waals surface area contributed by atoms with Crippen molar-refractivity contribution in [3.05, 3.63) is 33.5 Å². The van der Waals surface area contributed by atoms with Gasteiger partial charge < -0.3 is 15.2 Å². The maximum absolute atomic E-state index is 12.6. The predicted octanol–water partition coefficient (Wildman–Crippen LogP) is 2.10. The molecule has 0 spiro atoms. The normalized spacial score (nSPS) is 13.2. The number of aromatic nitrogens is 2. The van der Waals surface area contributed by atoms with E-state index >= 15 is 0 Å². The van der Waals surface area contributed by atoms with Gasteiger partial charge in [0.2, 0.25) is 0 Å². The fourth-order valence-electron chi connectivity index (χ4n) is 2.95. The summed E-state index contributed by atoms with van der Waals surface area (Å²) in [7, 11) is 2.83. The van der Waals surface area contributed by atoms with Crippen molar-refractivity contribution in [1.29, 1.82) is 0 Å². The van der Waals surface area contributed by atoms with Crippen molar-refractivity contribution in [3.8, 4) is 0 Å². The first-order valence-electron chi connectivity index (χ1n) is 7.73. The van der Waals surface area contributed by atoms with Crippen LogP contribution in [0.4, 0.5) is 5.00 Å². The largest absolute Gasteiger partial charge is 0.476 e. The number of carboxylic acid groups (broad SMARTS) is 1. The van der Waals surface area contributed by atoms with E-state index in [2.05, 4.69) is 10.4 Å². The molecule has 1 amide bonds. The van der Waals surface area contributed by atoms with Gasteiger partial charge in [-0.2, -0.15) is 5.10 Å². The first-order valence-corrected chi connectivity index (χ1v) is 8.55. The fourth-order valence-corrected chi connectivity index (χ4v) is 4.23. The van der Waals surface area contributed by atoms with Gasteiger partial charge in [0, 0.05) is 18.1 Å². The lowest BCUT2D eigenvalue weighted by Crippen LogP contribution is -2.17. The zero-order valence-electron chi connectivity index (χ0n) is 13.8. The fraction of sp³-hybridized carbons (Fsp3) is 0.375. The Hall–Kier alpha value is -2.68. The smallest absolute Gasteiger partial charge is 0.357 e. The SMILES string of the molecule is COC(=O)c1c(NC(=O)c2cn(C)nc2C(=O)O)sc2c1CCCC2. The number of thiophene rings is 1. The van der Waals surface area contributed by atoms with Gasteiger partial charge in [0.05, 0.1) is 18.2 Å². The van der Waals surface area contributed by atoms with Gasteiger partial charge in [-0.1, -0.05) is 0 Å². The van der Waals surface area contributed by atoms with E-state index in [4.69, 9.17) is 4.74 Å². The van der Waals surface area contributed by atoms with Gasteiger partial charge in [-0.15, -0.1) is 11.3 Å². The van der Waals surface area contributed by atoms with Gasteiger partial charge in [-0.25, -0.2) is 9.59 Å². The highest BCUT2D eigenvalue weighted by atomic mass is 32.1. The lowest BCUT2D eigenvalue weighted by molar-refractivity contribution is 0.0600. The van der Waals surface area contributed by atoms with Crippen molar-refractivity contribution in [1.82, 2.24) is 9.78 Å². The summed E-state index contributed by atoms with van der Waals surface area (Å²) in [6.07, 6.45) is 4.97. The number of carbonyl (C=O) groups is 3. The molecule has 25 heavy (non-hydrogen) atoms. The minimum atomic E-state index is -1.29. The first kappa shape index (κ1) is 17.2. The molecule has 2 heterocycles. The second kappa shape index (κ2) is 6.67. The number of nitrogens with zero attached hydrogens (tertiary/aromatic N) is 2. The number of carbonyl (C=O) groups excluding carboxylic acids is 2. The molecule has 3 rings (SSSR count). The monoisotopic (exact) mass is 363 g/mol. The summed E-state index contributed by atoms with van der Waals surface area (Å²) >= 11 is 1.34. The number of ether oxygens (including phenoxy) is 1. The molecule has 132 valence electrons. The highest BCUT2D eigenvalue weighted by molar-refractivity contribution is 7.17. The number of anilines is 1. The van der Waals surface area contributed by atoms with E-state index in [1.54, 1.807) is 0 Å². The van der Waals surface area contributed by atoms with Crippen LogP contribution in [0.15, 0.2) is 6.20 Å². The average molecular weight is 363 g/mol. The van der Waals surface area contributed by atoms with Crippen LogP contribution < -0.4 is 5.32 Å². The van der Waals surface area contributed by atoms with Crippen molar-refractivity contribution in [2.75, 3.05) is 12.4 Å². The van der Waals surface area contributed by atoms with Gasteiger partial charge >= 0.3 is 11.9 Å². The number of fused-ring (bicyclic) bond motifs is 1. The first-order chi connectivity index (χ1) is 11.9. The molecule has 1 aliphatic rings. The Kier molecular flexibility index (Phi) is 4.58. The molecule has 1 aliphatic carbocycles. The number of amides is 1. The van der Waals surface area contributed by atoms with E-state index in [0.29, 0.717) is 10.6 Å². The number of esters is 1. The van der Waals surface area contributed by atoms with E-state index in [1.165, 1.54) is 36.4 Å². The maximum atomic E-state index is 12.6. The van der Waals surface area contributed by atoms with Gasteiger partial charge in [-0.3, -0.25) is 9.48 Å². The van der Waals surface area contributed by atoms with Crippen LogP contribution in [0.1, 0.15) is 54.5 Å². The number of hydrogen-bond acceptors (Lipinski definition) is 6. The summed E-state index contributed by atoms with van der Waals surface area (Å²) in [4.78, 5) is 37.0. The molecule has 0 radical (unpaired) electrons. The molecule has 0 unspecified atom stereocenters. The third-order valence-corrected chi connectivity index (χ3v) is 5.27. The van der Waals surface area contributed by atoms with Crippen LogP contribution in [0.2, 0.25) is 0 Å². The summed E-state index contributed by atoms with van der Waals surface area (Å²) in [6.45, 7) is 0. The molecule has 2 aromatic heterocycles. The lowest BCUT2D eigenvalue weighted by Gasteiger charge is -2.11. The Bertz CT molecular complexity index is 867. The molecular formula is C16H17N3O5S. The van der Waals surface area contributed by atoms with E-state index in [0.717, 1.165) is 36.1 Å². The Morgan fingerprint density at radius 2 is 2.04 bits per heavy atom. The van der Waals surface area contributed by atoms with Crippen molar-refractivity contribution < 1.29 is 24.2 Å². The summed E-state index contributed by atoms with van der Waals surface area (Å²) in [5, 5.41) is 16.0. The second-order valence-corrected chi connectivity index (χ2v) is 6.84. The van der Waals surface area contributed by atoms with Crippen LogP contribution in [0.3, 0.4) is 0 Å². The predicted molar refractivity (Wildman–Crippen MR) is 90.4 cm³/mol. The van der Waals surface area contributed by atoms with Crippen LogP contribution >= 0.6 is 11.3 Å². The maximum Gasteiger partial charge on any atom is 0.357 e. The molecule has 8 nitrogen and oxygen atoms in total. The molecule has 0 aliphatic heterocycles. The zero-order chi connectivity index (χ0) is 18.1.